The van der Waals surface area contributed by atoms with Crippen LogP contribution in [0.15, 0.2) is 30.3 Å². The number of hydrogen-bond acceptors (Lipinski definition) is 2. The first-order chi connectivity index (χ1) is 10.3. The third-order valence-corrected chi connectivity index (χ3v) is 3.91. The summed E-state index contributed by atoms with van der Waals surface area (Å²) >= 11 is 0. The van der Waals surface area contributed by atoms with Crippen LogP contribution in [0.25, 0.3) is 0 Å². The lowest BCUT2D eigenvalue weighted by Crippen LogP contribution is -1.98. The molecule has 0 aliphatic rings. The molecule has 0 radical (unpaired) electrons. The van der Waals surface area contributed by atoms with Gasteiger partial charge in [0, 0.05) is 18.6 Å². The van der Waals surface area contributed by atoms with Crippen LogP contribution < -0.4 is 0 Å². The van der Waals surface area contributed by atoms with E-state index < -0.39 is 0 Å². The Bertz CT molecular complexity index is 359. The van der Waals surface area contributed by atoms with Crippen LogP contribution in [-0.2, 0) is 0 Å². The van der Waals surface area contributed by atoms with Crippen molar-refractivity contribution in [2.45, 2.75) is 70.6 Å². The number of Topliss-reactive ketones (excluding diaryl/α,β-unsaturated/α-hetero) is 1. The minimum atomic E-state index is 0.277. The van der Waals surface area contributed by atoms with E-state index in [9.17, 15) is 4.79 Å². The van der Waals surface area contributed by atoms with E-state index in [4.69, 9.17) is 5.11 Å². The molecule has 0 aromatic heterocycles. The first-order valence-corrected chi connectivity index (χ1v) is 8.53. The van der Waals surface area contributed by atoms with E-state index in [0.29, 0.717) is 13.0 Å². The Balaban J connectivity index is 1.88. The maximum Gasteiger partial charge on any atom is 0.162 e. The molecule has 0 atom stereocenters. The molecule has 1 N–H and O–H groups in total. The molecule has 2 heteroatoms. The summed E-state index contributed by atoms with van der Waals surface area (Å²) in [5, 5.41) is 8.68. The third kappa shape index (κ3) is 9.41. The average Bonchev–Trinajstić information content (AvgIpc) is 2.53. The van der Waals surface area contributed by atoms with Crippen LogP contribution in [0.1, 0.15) is 81.0 Å². The van der Waals surface area contributed by atoms with Gasteiger partial charge in [0.15, 0.2) is 5.78 Å². The second-order valence-electron chi connectivity index (χ2n) is 5.80. The molecule has 0 unspecified atom stereocenters. The van der Waals surface area contributed by atoms with E-state index >= 15 is 0 Å². The van der Waals surface area contributed by atoms with Gasteiger partial charge in [0.25, 0.3) is 0 Å². The second kappa shape index (κ2) is 12.6. The number of aliphatic hydroxyl groups is 1. The lowest BCUT2D eigenvalue weighted by Gasteiger charge is -2.03. The van der Waals surface area contributed by atoms with E-state index in [1.54, 1.807) is 0 Å². The van der Waals surface area contributed by atoms with Crippen LogP contribution in [0.2, 0.25) is 0 Å². The molecule has 0 saturated carbocycles. The molecule has 1 aromatic rings. The molecule has 2 nitrogen and oxygen atoms in total. The summed E-state index contributed by atoms with van der Waals surface area (Å²) in [5.41, 5.74) is 0.848. The van der Waals surface area contributed by atoms with Gasteiger partial charge in [-0.3, -0.25) is 4.79 Å². The van der Waals surface area contributed by atoms with Crippen LogP contribution in [0.4, 0.5) is 0 Å². The van der Waals surface area contributed by atoms with E-state index in [2.05, 4.69) is 0 Å². The summed E-state index contributed by atoms with van der Waals surface area (Å²) in [6.45, 7) is 0.335. The molecule has 0 fully saturated rings. The Kier molecular flexibility index (Phi) is 10.7. The van der Waals surface area contributed by atoms with E-state index in [0.717, 1.165) is 24.8 Å². The molecule has 0 saturated heterocycles. The molecule has 0 amide bonds. The molecule has 21 heavy (non-hydrogen) atoms. The highest BCUT2D eigenvalue weighted by molar-refractivity contribution is 5.95. The van der Waals surface area contributed by atoms with Gasteiger partial charge >= 0.3 is 0 Å². The second-order valence-corrected chi connectivity index (χ2v) is 5.80. The number of carbonyl (C=O) groups excluding carboxylic acids is 1. The molecular formula is C19H30O2. The third-order valence-electron chi connectivity index (χ3n) is 3.91. The van der Waals surface area contributed by atoms with Crippen molar-refractivity contribution in [3.8, 4) is 0 Å². The van der Waals surface area contributed by atoms with Gasteiger partial charge < -0.3 is 5.11 Å². The topological polar surface area (TPSA) is 37.3 Å². The minimum absolute atomic E-state index is 0.277. The Labute approximate surface area is 129 Å². The van der Waals surface area contributed by atoms with E-state index in [-0.39, 0.29) is 5.78 Å². The lowest BCUT2D eigenvalue weighted by molar-refractivity contribution is 0.0979. The zero-order valence-corrected chi connectivity index (χ0v) is 13.2. The fourth-order valence-electron chi connectivity index (χ4n) is 2.58. The molecule has 0 heterocycles. The van der Waals surface area contributed by atoms with Crippen LogP contribution in [0, 0.1) is 0 Å². The van der Waals surface area contributed by atoms with Crippen molar-refractivity contribution in [3.05, 3.63) is 35.9 Å². The standard InChI is InChI=1S/C19H30O2/c20-17-13-8-6-4-2-1-3-5-7-12-16-19(21)18-14-10-9-11-15-18/h9-11,14-15,20H,1-8,12-13,16-17H2. The number of aliphatic hydroxyl groups excluding tert-OH is 1. The summed E-state index contributed by atoms with van der Waals surface area (Å²) in [7, 11) is 0. The largest absolute Gasteiger partial charge is 0.396 e. The van der Waals surface area contributed by atoms with Gasteiger partial charge in [0.1, 0.15) is 0 Å². The summed E-state index contributed by atoms with van der Waals surface area (Å²) < 4.78 is 0. The maximum atomic E-state index is 11.9. The SMILES string of the molecule is O=C(CCCCCCCCCCCCO)c1ccccc1. The fraction of sp³-hybridized carbons (Fsp3) is 0.632. The predicted octanol–water partition coefficient (Wildman–Crippen LogP) is 5.15. The normalized spacial score (nSPS) is 10.7. The highest BCUT2D eigenvalue weighted by Gasteiger charge is 2.03. The summed E-state index contributed by atoms with van der Waals surface area (Å²) in [6.07, 6.45) is 12.7. The van der Waals surface area contributed by atoms with Crippen LogP contribution >= 0.6 is 0 Å². The van der Waals surface area contributed by atoms with Gasteiger partial charge in [0.2, 0.25) is 0 Å². The van der Waals surface area contributed by atoms with Crippen molar-refractivity contribution in [2.24, 2.45) is 0 Å². The van der Waals surface area contributed by atoms with E-state index in [1.165, 1.54) is 44.9 Å². The average molecular weight is 290 g/mol. The smallest absolute Gasteiger partial charge is 0.162 e. The van der Waals surface area contributed by atoms with Crippen molar-refractivity contribution in [2.75, 3.05) is 6.61 Å². The van der Waals surface area contributed by atoms with Crippen LogP contribution in [0.5, 0.6) is 0 Å². The molecular weight excluding hydrogens is 260 g/mol. The van der Waals surface area contributed by atoms with Crippen molar-refractivity contribution in [3.63, 3.8) is 0 Å². The highest BCUT2D eigenvalue weighted by atomic mass is 16.2. The predicted molar refractivity (Wildman–Crippen MR) is 88.6 cm³/mol. The van der Waals surface area contributed by atoms with E-state index in [1.807, 2.05) is 30.3 Å². The lowest BCUT2D eigenvalue weighted by atomic mass is 10.0. The van der Waals surface area contributed by atoms with Crippen LogP contribution in [0.3, 0.4) is 0 Å². The molecule has 0 aliphatic heterocycles. The summed E-state index contributed by atoms with van der Waals surface area (Å²) in [5.74, 6) is 0.277. The Morgan fingerprint density at radius 2 is 1.19 bits per heavy atom. The van der Waals surface area contributed by atoms with Gasteiger partial charge in [-0.05, 0) is 12.8 Å². The van der Waals surface area contributed by atoms with Crippen molar-refractivity contribution in [1.82, 2.24) is 0 Å². The fourth-order valence-corrected chi connectivity index (χ4v) is 2.58. The van der Waals surface area contributed by atoms with Gasteiger partial charge in [-0.2, -0.15) is 0 Å². The molecule has 0 bridgehead atoms. The van der Waals surface area contributed by atoms with Gasteiger partial charge in [0.05, 0.1) is 0 Å². The molecule has 0 spiro atoms. The van der Waals surface area contributed by atoms with Crippen molar-refractivity contribution >= 4 is 5.78 Å². The first-order valence-electron chi connectivity index (χ1n) is 8.53. The minimum Gasteiger partial charge on any atom is -0.396 e. The number of hydrogen-bond donors (Lipinski definition) is 1. The number of benzene rings is 1. The number of ketones is 1. The highest BCUT2D eigenvalue weighted by Crippen LogP contribution is 2.12. The number of carbonyl (C=O) groups is 1. The van der Waals surface area contributed by atoms with Gasteiger partial charge in [-0.25, -0.2) is 0 Å². The van der Waals surface area contributed by atoms with Crippen molar-refractivity contribution in [1.29, 1.82) is 0 Å². The molecule has 1 rings (SSSR count). The summed E-state index contributed by atoms with van der Waals surface area (Å²) in [6, 6.07) is 9.60. The van der Waals surface area contributed by atoms with Gasteiger partial charge in [-0.1, -0.05) is 81.7 Å². The zero-order valence-electron chi connectivity index (χ0n) is 13.2. The quantitative estimate of drug-likeness (QED) is 0.403. The number of unbranched alkanes of at least 4 members (excludes halogenated alkanes) is 9. The molecule has 0 aliphatic carbocycles. The molecule has 1 aromatic carbocycles. The molecule has 118 valence electrons. The monoisotopic (exact) mass is 290 g/mol. The number of rotatable bonds is 13. The van der Waals surface area contributed by atoms with Gasteiger partial charge in [-0.15, -0.1) is 0 Å². The zero-order chi connectivity index (χ0) is 15.2. The van der Waals surface area contributed by atoms with Crippen LogP contribution in [-0.4, -0.2) is 17.5 Å². The Morgan fingerprint density at radius 3 is 1.71 bits per heavy atom. The Hall–Kier alpha value is -1.15. The maximum absolute atomic E-state index is 11.9. The summed E-state index contributed by atoms with van der Waals surface area (Å²) in [4.78, 5) is 11.9. The Morgan fingerprint density at radius 1 is 0.714 bits per heavy atom. The van der Waals surface area contributed by atoms with Crippen molar-refractivity contribution < 1.29 is 9.90 Å². The first kappa shape index (κ1) is 17.9.